The van der Waals surface area contributed by atoms with Crippen molar-refractivity contribution in [1.29, 1.82) is 0 Å². The molecule has 0 unspecified atom stereocenters. The number of aromatic nitrogens is 12. The van der Waals surface area contributed by atoms with Gasteiger partial charge >= 0.3 is 23.9 Å². The Morgan fingerprint density at radius 2 is 0.624 bits per heavy atom. The summed E-state index contributed by atoms with van der Waals surface area (Å²) >= 11 is 31.0. The van der Waals surface area contributed by atoms with E-state index in [1.165, 1.54) is 52.9 Å². The Balaban J connectivity index is 0.000000136. The second-order valence-electron chi connectivity index (χ2n) is 29.0. The van der Waals surface area contributed by atoms with E-state index < -0.39 is 29.8 Å². The average Bonchev–Trinajstić information content (AvgIpc) is 1.61. The number of aryl methyl sites for hydroxylation is 7. The van der Waals surface area contributed by atoms with E-state index >= 15 is 0 Å². The third kappa shape index (κ3) is 17.3. The molecule has 0 spiro atoms. The molecule has 606 valence electrons. The highest BCUT2D eigenvalue weighted by atomic mass is 35.5. The molecule has 0 radical (unpaired) electrons. The number of fused-ring (bicyclic) bond motifs is 12. The number of methoxy groups -OCH3 is 3. The van der Waals surface area contributed by atoms with Gasteiger partial charge in [0.25, 0.3) is 0 Å². The van der Waals surface area contributed by atoms with E-state index in [0.29, 0.717) is 49.2 Å². The van der Waals surface area contributed by atoms with E-state index in [9.17, 15) is 24.3 Å². The molecule has 0 aliphatic carbocycles. The highest BCUT2D eigenvalue weighted by molar-refractivity contribution is 7.16. The number of carbonyl (C=O) groups excluding carboxylic acids is 4. The molecule has 0 bridgehead atoms. The van der Waals surface area contributed by atoms with Crippen LogP contribution in [-0.2, 0) is 51.2 Å². The molecule has 4 aliphatic heterocycles. The number of carbonyl (C=O) groups is 4. The van der Waals surface area contributed by atoms with E-state index in [1.807, 2.05) is 159 Å². The van der Waals surface area contributed by atoms with Crippen molar-refractivity contribution in [3.05, 3.63) is 250 Å². The monoisotopic (exact) mass is 1730 g/mol. The first-order valence-electron chi connectivity index (χ1n) is 37.4. The van der Waals surface area contributed by atoms with Crippen molar-refractivity contribution < 1.29 is 43.2 Å². The molecule has 25 nitrogen and oxygen atoms in total. The lowest BCUT2D eigenvalue weighted by Gasteiger charge is -2.21. The van der Waals surface area contributed by atoms with Crippen molar-refractivity contribution in [3.8, 4) is 20.0 Å². The fraction of sp³-hybridized carbons (Fsp3) is 0.333. The zero-order valence-corrected chi connectivity index (χ0v) is 73.6. The lowest BCUT2D eigenvalue weighted by Crippen LogP contribution is -2.25. The summed E-state index contributed by atoms with van der Waals surface area (Å²) in [6, 6.07) is 28.2. The van der Waals surface area contributed by atoms with Crippen LogP contribution in [0, 0.1) is 69.2 Å². The maximum atomic E-state index is 12.7. The highest BCUT2D eigenvalue weighted by Gasteiger charge is 2.39. The minimum Gasteiger partial charge on any atom is -0.469 e. The van der Waals surface area contributed by atoms with Crippen molar-refractivity contribution >= 4 is 138 Å². The van der Waals surface area contributed by atoms with Gasteiger partial charge in [-0.1, -0.05) is 102 Å². The maximum absolute atomic E-state index is 12.7. The Hall–Kier alpha value is -10.1. The Morgan fingerprint density at radius 1 is 0.376 bits per heavy atom. The number of aliphatic imine (C=N–C) groups is 4. The number of hydrogen-bond donors (Lipinski definition) is 1. The third-order valence-electron chi connectivity index (χ3n) is 20.2. The van der Waals surface area contributed by atoms with Crippen LogP contribution in [0.2, 0.25) is 20.1 Å². The van der Waals surface area contributed by atoms with Gasteiger partial charge in [-0.15, -0.1) is 86.1 Å². The molecule has 8 aromatic heterocycles. The van der Waals surface area contributed by atoms with Gasteiger partial charge in [-0.3, -0.25) is 57.4 Å². The van der Waals surface area contributed by atoms with Crippen molar-refractivity contribution in [2.24, 2.45) is 20.0 Å². The summed E-state index contributed by atoms with van der Waals surface area (Å²) in [6.07, 6.45) is 1.25. The molecular weight excluding hydrogens is 1650 g/mol. The SMILES string of the molecule is CCc1sc2c(c1C)C(c1ccc(Cl)cc1)=N[C@@H](CC(=O)OC)c1nnc(C)n1-2.COC(=O)C[C@@H]1N=C(c2ccc(Cl)cc2)c2c(sc(C)c2C)-n2c(C)nnc21.COC(=O)C[C@@H]1N=C(c2ccc(Cl)cc2)c2c(sc(CO)c2C)-n2c(C)nnc21.Cc1sc2c(c1C)C(c1ccc(Cl)cc1)=N[C@@H](CC(=O)OC(C)(C)C)c1nnc(C)n1-2. The van der Waals surface area contributed by atoms with Gasteiger partial charge in [0.1, 0.15) is 73.1 Å². The number of aliphatic hydroxyl groups excluding tert-OH is 1. The summed E-state index contributed by atoms with van der Waals surface area (Å²) in [5.74, 6) is 4.14. The van der Waals surface area contributed by atoms with Crippen molar-refractivity contribution in [1.82, 2.24) is 59.1 Å². The topological polar surface area (TPSA) is 298 Å². The van der Waals surface area contributed by atoms with Crippen molar-refractivity contribution in [2.45, 2.75) is 165 Å². The number of nitrogens with zero attached hydrogens (tertiary/aromatic N) is 16. The normalized spacial score (nSPS) is 15.5. The van der Waals surface area contributed by atoms with Gasteiger partial charge in [0.05, 0.1) is 76.5 Å². The fourth-order valence-electron chi connectivity index (χ4n) is 14.2. The second kappa shape index (κ2) is 35.2. The molecule has 0 saturated heterocycles. The van der Waals surface area contributed by atoms with Crippen LogP contribution in [0.15, 0.2) is 117 Å². The molecule has 0 fully saturated rings. The summed E-state index contributed by atoms with van der Waals surface area (Å²) in [5, 5.41) is 50.9. The molecule has 0 saturated carbocycles. The van der Waals surface area contributed by atoms with Crippen LogP contribution >= 0.6 is 91.8 Å². The summed E-state index contributed by atoms with van der Waals surface area (Å²) < 4.78 is 28.3. The number of thiophene rings is 4. The number of ether oxygens (including phenoxy) is 4. The van der Waals surface area contributed by atoms with Gasteiger partial charge in [-0.2, -0.15) is 0 Å². The van der Waals surface area contributed by atoms with Crippen LogP contribution in [-0.4, -0.2) is 138 Å². The molecule has 1 N–H and O–H groups in total. The van der Waals surface area contributed by atoms with Gasteiger partial charge < -0.3 is 24.1 Å². The molecule has 4 aliphatic rings. The first kappa shape index (κ1) is 84.8. The number of aliphatic hydroxyl groups is 1. The van der Waals surface area contributed by atoms with Gasteiger partial charge in [-0.05, 0) is 167 Å². The van der Waals surface area contributed by atoms with Crippen LogP contribution in [0.1, 0.15) is 210 Å². The minimum atomic E-state index is -0.569. The van der Waals surface area contributed by atoms with Crippen LogP contribution in [0.4, 0.5) is 0 Å². The lowest BCUT2D eigenvalue weighted by molar-refractivity contribution is -0.155. The number of rotatable bonds is 14. The number of esters is 4. The average molecular weight is 1730 g/mol. The summed E-state index contributed by atoms with van der Waals surface area (Å²) in [6.45, 7) is 27.7. The van der Waals surface area contributed by atoms with Gasteiger partial charge in [0, 0.05) is 84.1 Å². The first-order valence-corrected chi connectivity index (χ1v) is 42.1. The van der Waals surface area contributed by atoms with Crippen LogP contribution in [0.3, 0.4) is 0 Å². The van der Waals surface area contributed by atoms with E-state index in [4.69, 9.17) is 85.3 Å². The molecule has 0 amide bonds. The predicted molar refractivity (Wildman–Crippen MR) is 459 cm³/mol. The minimum absolute atomic E-state index is 0.0482. The zero-order chi connectivity index (χ0) is 83.9. The molecule has 12 aromatic rings. The summed E-state index contributed by atoms with van der Waals surface area (Å²) in [5.41, 5.74) is 14.8. The summed E-state index contributed by atoms with van der Waals surface area (Å²) in [7, 11) is 4.11. The predicted octanol–water partition coefficient (Wildman–Crippen LogP) is 18.1. The lowest BCUT2D eigenvalue weighted by atomic mass is 9.99. The van der Waals surface area contributed by atoms with Crippen LogP contribution < -0.4 is 0 Å². The Bertz CT molecular complexity index is 5780. The molecule has 117 heavy (non-hydrogen) atoms. The first-order chi connectivity index (χ1) is 55.8. The number of hydrogen-bond acceptors (Lipinski definition) is 25. The molecule has 12 heterocycles. The largest absolute Gasteiger partial charge is 0.469 e. The van der Waals surface area contributed by atoms with Crippen molar-refractivity contribution in [2.75, 3.05) is 21.3 Å². The summed E-state index contributed by atoms with van der Waals surface area (Å²) in [4.78, 5) is 73.5. The van der Waals surface area contributed by atoms with Gasteiger partial charge in [0.2, 0.25) is 0 Å². The van der Waals surface area contributed by atoms with Crippen LogP contribution in [0.5, 0.6) is 0 Å². The Morgan fingerprint density at radius 3 is 0.880 bits per heavy atom. The molecule has 16 rings (SSSR count). The maximum Gasteiger partial charge on any atom is 0.308 e. The molecule has 33 heteroatoms. The standard InChI is InChI=1S/C23H25ClN4O2S.C21H21ClN4O2S.C20H19ClN4O3S.C20H19ClN4O2S/c1-12-13(2)31-22-19(12)20(15-7-9-16(24)10-8-15)25-17(11-18(29)30-23(4,5)6)21-27-26-14(3)28(21)22;1-5-16-11(2)18-19(13-6-8-14(22)9-7-13)23-15(10-17(27)28-4)20-25-24-12(3)26(20)21(18)29-16;1-10-15(9-26)29-20-17(10)18(12-4-6-13(21)7-5-12)22-14(8-16(27)28-3)19-24-23-11(2)25(19)20;1-10-11(2)28-20-17(10)18(13-5-7-14(21)8-6-13)22-15(9-16(26)27-4)19-24-23-12(3)25(19)20/h7-10,17H,11H2,1-6H3;6-9,15H,5,10H2,1-4H3;4-7,14,26H,8-9H2,1-3H3;5-8,15H,9H2,1-4H3/t17-;15-;14-;15-/m0000/s1. The van der Waals surface area contributed by atoms with E-state index in [2.05, 4.69) is 82.3 Å². The zero-order valence-electron chi connectivity index (χ0n) is 67.3. The molecule has 4 aromatic carbocycles. The fourth-order valence-corrected chi connectivity index (χ4v) is 19.6. The Labute approximate surface area is 712 Å². The molecule has 4 atom stereocenters. The van der Waals surface area contributed by atoms with E-state index in [0.717, 1.165) is 133 Å². The van der Waals surface area contributed by atoms with Crippen molar-refractivity contribution in [3.63, 3.8) is 0 Å². The molecular formula is C84H84Cl4N16O9S4. The van der Waals surface area contributed by atoms with E-state index in [-0.39, 0.29) is 56.2 Å². The number of halogens is 4. The van der Waals surface area contributed by atoms with Crippen LogP contribution in [0.25, 0.3) is 20.0 Å². The quantitative estimate of drug-likeness (QED) is 0.0781. The van der Waals surface area contributed by atoms with Gasteiger partial charge in [-0.25, -0.2) is 0 Å². The van der Waals surface area contributed by atoms with E-state index in [1.54, 1.807) is 46.1 Å². The third-order valence-corrected chi connectivity index (χ3v) is 26.2. The second-order valence-corrected chi connectivity index (χ2v) is 35.3. The van der Waals surface area contributed by atoms with Gasteiger partial charge in [0.15, 0.2) is 23.3 Å². The highest BCUT2D eigenvalue weighted by Crippen LogP contribution is 2.46. The Kier molecular flexibility index (Phi) is 25.5. The number of benzene rings is 4. The smallest absolute Gasteiger partial charge is 0.308 e.